The summed E-state index contributed by atoms with van der Waals surface area (Å²) in [5, 5.41) is 9.57. The molecule has 0 fully saturated rings. The van der Waals surface area contributed by atoms with Crippen LogP contribution in [0.25, 0.3) is 0 Å². The van der Waals surface area contributed by atoms with Gasteiger partial charge in [0.05, 0.1) is 17.1 Å². The molecule has 0 radical (unpaired) electrons. The molecule has 1 N–H and O–H groups in total. The zero-order valence-corrected chi connectivity index (χ0v) is 14.2. The lowest BCUT2D eigenvalue weighted by Gasteiger charge is -2.33. The number of rotatable bonds is 3. The number of carboxylic acids is 1. The highest BCUT2D eigenvalue weighted by atomic mass is 35.5. The Labute approximate surface area is 144 Å². The van der Waals surface area contributed by atoms with E-state index >= 15 is 0 Å². The van der Waals surface area contributed by atoms with Crippen LogP contribution in [0.4, 0.5) is 5.69 Å². The van der Waals surface area contributed by atoms with E-state index in [1.807, 2.05) is 6.92 Å². The van der Waals surface area contributed by atoms with E-state index < -0.39 is 22.1 Å². The van der Waals surface area contributed by atoms with Crippen LogP contribution < -0.4 is 9.04 Å². The maximum atomic E-state index is 13.0. The van der Waals surface area contributed by atoms with E-state index in [4.69, 9.17) is 16.3 Å². The fourth-order valence-corrected chi connectivity index (χ4v) is 4.05. The van der Waals surface area contributed by atoms with Gasteiger partial charge in [-0.15, -0.1) is 0 Å². The van der Waals surface area contributed by atoms with Crippen LogP contribution in [0.1, 0.15) is 5.56 Å². The summed E-state index contributed by atoms with van der Waals surface area (Å²) in [6.07, 6.45) is -1.29. The van der Waals surface area contributed by atoms with Crippen LogP contribution in [0.2, 0.25) is 5.02 Å². The van der Waals surface area contributed by atoms with Gasteiger partial charge in [0.2, 0.25) is 6.10 Å². The van der Waals surface area contributed by atoms with E-state index in [0.717, 1.165) is 9.87 Å². The van der Waals surface area contributed by atoms with Crippen molar-refractivity contribution in [3.05, 3.63) is 53.1 Å². The number of fused-ring (bicyclic) bond motifs is 1. The molecule has 1 heterocycles. The molecular formula is C16H14ClNO5S. The first kappa shape index (κ1) is 16.6. The number of carbonyl (C=O) groups is 1. The van der Waals surface area contributed by atoms with Gasteiger partial charge in [0.15, 0.2) is 0 Å². The standard InChI is InChI=1S/C16H14ClNO5S/c1-10-2-5-12(6-3-10)24(21,22)18-9-15(16(19)20)23-14-7-4-11(17)8-13(14)18/h2-8,15H,9H2,1H3,(H,19,20)/t15-/m1/s1. The number of hydrogen-bond acceptors (Lipinski definition) is 4. The highest BCUT2D eigenvalue weighted by molar-refractivity contribution is 7.92. The minimum atomic E-state index is -3.94. The molecule has 24 heavy (non-hydrogen) atoms. The number of nitrogens with zero attached hydrogens (tertiary/aromatic N) is 1. The predicted molar refractivity (Wildman–Crippen MR) is 89.2 cm³/mol. The van der Waals surface area contributed by atoms with E-state index in [9.17, 15) is 18.3 Å². The number of sulfonamides is 1. The number of benzene rings is 2. The van der Waals surface area contributed by atoms with E-state index in [2.05, 4.69) is 0 Å². The number of anilines is 1. The largest absolute Gasteiger partial charge is 0.478 e. The Morgan fingerprint density at radius 2 is 1.92 bits per heavy atom. The molecule has 0 bridgehead atoms. The summed E-state index contributed by atoms with van der Waals surface area (Å²) in [6.45, 7) is 1.51. The fraction of sp³-hybridized carbons (Fsp3) is 0.188. The summed E-state index contributed by atoms with van der Waals surface area (Å²) in [6, 6.07) is 10.8. The summed E-state index contributed by atoms with van der Waals surface area (Å²) >= 11 is 5.96. The third-order valence-corrected chi connectivity index (χ3v) is 5.70. The molecule has 126 valence electrons. The Kier molecular flexibility index (Phi) is 4.15. The van der Waals surface area contributed by atoms with Gasteiger partial charge in [0.25, 0.3) is 10.0 Å². The fourth-order valence-electron chi connectivity index (χ4n) is 2.42. The van der Waals surface area contributed by atoms with Crippen LogP contribution in [0.3, 0.4) is 0 Å². The zero-order valence-electron chi connectivity index (χ0n) is 12.6. The zero-order chi connectivity index (χ0) is 17.5. The SMILES string of the molecule is Cc1ccc(S(=O)(=O)N2C[C@H](C(=O)O)Oc3ccc(Cl)cc32)cc1. The second-order valence-corrected chi connectivity index (χ2v) is 7.70. The summed E-state index contributed by atoms with van der Waals surface area (Å²) in [5.41, 5.74) is 1.14. The van der Waals surface area contributed by atoms with Gasteiger partial charge in [-0.2, -0.15) is 0 Å². The molecule has 0 saturated carbocycles. The molecular weight excluding hydrogens is 354 g/mol. The third-order valence-electron chi connectivity index (χ3n) is 3.67. The molecule has 8 heteroatoms. The van der Waals surface area contributed by atoms with E-state index in [1.165, 1.54) is 30.3 Å². The van der Waals surface area contributed by atoms with Crippen molar-refractivity contribution in [3.8, 4) is 5.75 Å². The molecule has 6 nitrogen and oxygen atoms in total. The van der Waals surface area contributed by atoms with Gasteiger partial charge in [-0.25, -0.2) is 13.2 Å². The minimum Gasteiger partial charge on any atom is -0.478 e. The van der Waals surface area contributed by atoms with Gasteiger partial charge in [-0.1, -0.05) is 29.3 Å². The normalized spacial score (nSPS) is 17.1. The first-order valence-corrected chi connectivity index (χ1v) is 8.89. The monoisotopic (exact) mass is 367 g/mol. The average Bonchev–Trinajstić information content (AvgIpc) is 2.54. The van der Waals surface area contributed by atoms with E-state index in [-0.39, 0.29) is 22.9 Å². The molecule has 3 rings (SSSR count). The number of hydrogen-bond donors (Lipinski definition) is 1. The molecule has 2 aromatic carbocycles. The van der Waals surface area contributed by atoms with Crippen molar-refractivity contribution in [1.29, 1.82) is 0 Å². The number of halogens is 1. The van der Waals surface area contributed by atoms with Crippen LogP contribution in [0.5, 0.6) is 5.75 Å². The Bertz CT molecular complexity index is 895. The Balaban J connectivity index is 2.13. The number of aliphatic carboxylic acids is 1. The second-order valence-electron chi connectivity index (χ2n) is 5.41. The molecule has 0 spiro atoms. The Hall–Kier alpha value is -2.25. The minimum absolute atomic E-state index is 0.0741. The molecule has 1 aliphatic heterocycles. The van der Waals surface area contributed by atoms with Gasteiger partial charge < -0.3 is 9.84 Å². The number of carboxylic acid groups (broad SMARTS) is 1. The smallest absolute Gasteiger partial charge is 0.346 e. The first-order valence-electron chi connectivity index (χ1n) is 7.07. The summed E-state index contributed by atoms with van der Waals surface area (Å²) < 4.78 is 32.3. The van der Waals surface area contributed by atoms with E-state index in [1.54, 1.807) is 12.1 Å². The van der Waals surface area contributed by atoms with Crippen molar-refractivity contribution in [2.24, 2.45) is 0 Å². The van der Waals surface area contributed by atoms with Gasteiger partial charge in [0.1, 0.15) is 5.75 Å². The van der Waals surface area contributed by atoms with Crippen molar-refractivity contribution in [1.82, 2.24) is 0 Å². The highest BCUT2D eigenvalue weighted by Gasteiger charge is 2.37. The summed E-state index contributed by atoms with van der Waals surface area (Å²) in [5.74, 6) is -1.08. The quantitative estimate of drug-likeness (QED) is 0.901. The lowest BCUT2D eigenvalue weighted by atomic mass is 10.2. The molecule has 1 atom stereocenters. The van der Waals surface area contributed by atoms with Crippen molar-refractivity contribution in [2.75, 3.05) is 10.8 Å². The predicted octanol–water partition coefficient (Wildman–Crippen LogP) is 2.69. The van der Waals surface area contributed by atoms with Crippen molar-refractivity contribution < 1.29 is 23.1 Å². The molecule has 0 amide bonds. The van der Waals surface area contributed by atoms with Crippen LogP contribution in [-0.2, 0) is 14.8 Å². The molecule has 0 aromatic heterocycles. The molecule has 2 aromatic rings. The lowest BCUT2D eigenvalue weighted by Crippen LogP contribution is -2.47. The summed E-state index contributed by atoms with van der Waals surface area (Å²) in [4.78, 5) is 11.4. The molecule has 0 unspecified atom stereocenters. The first-order chi connectivity index (χ1) is 11.3. The van der Waals surface area contributed by atoms with Gasteiger partial charge in [-0.3, -0.25) is 4.31 Å². The van der Waals surface area contributed by atoms with Crippen molar-refractivity contribution in [3.63, 3.8) is 0 Å². The maximum absolute atomic E-state index is 13.0. The maximum Gasteiger partial charge on any atom is 0.346 e. The second kappa shape index (κ2) is 5.99. The molecule has 0 saturated heterocycles. The van der Waals surface area contributed by atoms with Crippen LogP contribution in [0.15, 0.2) is 47.4 Å². The number of ether oxygens (including phenoxy) is 1. The van der Waals surface area contributed by atoms with Crippen molar-refractivity contribution >= 4 is 33.3 Å². The topological polar surface area (TPSA) is 83.9 Å². The van der Waals surface area contributed by atoms with Crippen LogP contribution in [-0.4, -0.2) is 32.1 Å². The third kappa shape index (κ3) is 2.92. The lowest BCUT2D eigenvalue weighted by molar-refractivity contribution is -0.144. The highest BCUT2D eigenvalue weighted by Crippen LogP contribution is 2.38. The van der Waals surface area contributed by atoms with Gasteiger partial charge >= 0.3 is 5.97 Å². The average molecular weight is 368 g/mol. The van der Waals surface area contributed by atoms with Gasteiger partial charge in [-0.05, 0) is 37.3 Å². The van der Waals surface area contributed by atoms with Gasteiger partial charge in [0, 0.05) is 5.02 Å². The number of aryl methyl sites for hydroxylation is 1. The molecule has 0 aliphatic carbocycles. The molecule has 1 aliphatic rings. The van der Waals surface area contributed by atoms with Crippen LogP contribution >= 0.6 is 11.6 Å². The van der Waals surface area contributed by atoms with E-state index in [0.29, 0.717) is 5.02 Å². The Morgan fingerprint density at radius 1 is 1.25 bits per heavy atom. The van der Waals surface area contributed by atoms with Crippen LogP contribution in [0, 0.1) is 6.92 Å². The van der Waals surface area contributed by atoms with Crippen molar-refractivity contribution in [2.45, 2.75) is 17.9 Å². The Morgan fingerprint density at radius 3 is 2.54 bits per heavy atom. The summed E-state index contributed by atoms with van der Waals surface area (Å²) in [7, 11) is -3.94.